The average Bonchev–Trinajstić information content (AvgIpc) is 3.20. The summed E-state index contributed by atoms with van der Waals surface area (Å²) < 4.78 is 1.59. The van der Waals surface area contributed by atoms with Crippen LogP contribution in [0.2, 0.25) is 0 Å². The number of carbonyl (C=O) groups excluding carboxylic acids is 2. The third-order valence-corrected chi connectivity index (χ3v) is 4.82. The summed E-state index contributed by atoms with van der Waals surface area (Å²) >= 11 is 0. The average molecular weight is 343 g/mol. The molecule has 9 heteroatoms. The Morgan fingerprint density at radius 1 is 1.28 bits per heavy atom. The van der Waals surface area contributed by atoms with Gasteiger partial charge in [0, 0.05) is 37.6 Å². The Morgan fingerprint density at radius 3 is 2.88 bits per heavy atom. The Balaban J connectivity index is 1.56. The van der Waals surface area contributed by atoms with Crippen molar-refractivity contribution in [3.8, 4) is 0 Å². The van der Waals surface area contributed by atoms with Gasteiger partial charge in [0.25, 0.3) is 11.7 Å². The molecule has 4 heterocycles. The Hall–Kier alpha value is -2.71. The van der Waals surface area contributed by atoms with Crippen LogP contribution in [0, 0.1) is 13.8 Å². The largest absolute Gasteiger partial charge is 0.336 e. The van der Waals surface area contributed by atoms with E-state index in [1.807, 2.05) is 24.8 Å². The number of nitrogens with one attached hydrogen (secondary N) is 1. The number of urea groups is 1. The van der Waals surface area contributed by atoms with E-state index in [1.165, 1.54) is 0 Å². The minimum Gasteiger partial charge on any atom is -0.336 e. The molecular weight excluding hydrogens is 322 g/mol. The second-order valence-corrected chi connectivity index (χ2v) is 6.66. The van der Waals surface area contributed by atoms with Gasteiger partial charge in [0.2, 0.25) is 5.82 Å². The molecular formula is C16H21N7O2. The highest BCUT2D eigenvalue weighted by atomic mass is 16.2. The maximum absolute atomic E-state index is 12.8. The molecule has 1 N–H and O–H groups in total. The van der Waals surface area contributed by atoms with E-state index >= 15 is 0 Å². The van der Waals surface area contributed by atoms with Gasteiger partial charge in [-0.15, -0.1) is 5.10 Å². The van der Waals surface area contributed by atoms with Gasteiger partial charge in [0.1, 0.15) is 0 Å². The van der Waals surface area contributed by atoms with Crippen LogP contribution in [0.15, 0.2) is 6.07 Å². The molecule has 25 heavy (non-hydrogen) atoms. The molecule has 2 aliphatic rings. The van der Waals surface area contributed by atoms with E-state index in [0.717, 1.165) is 24.2 Å². The van der Waals surface area contributed by atoms with Gasteiger partial charge in [-0.3, -0.25) is 4.79 Å². The van der Waals surface area contributed by atoms with E-state index < -0.39 is 0 Å². The maximum Gasteiger partial charge on any atom is 0.317 e. The predicted octanol–water partition coefficient (Wildman–Crippen LogP) is 0.371. The van der Waals surface area contributed by atoms with Gasteiger partial charge < -0.3 is 15.1 Å². The summed E-state index contributed by atoms with van der Waals surface area (Å²) in [4.78, 5) is 36.9. The molecule has 132 valence electrons. The lowest BCUT2D eigenvalue weighted by atomic mass is 10.0. The fraction of sp³-hybridized carbons (Fsp3) is 0.562. The maximum atomic E-state index is 12.8. The van der Waals surface area contributed by atoms with Crippen molar-refractivity contribution < 1.29 is 9.59 Å². The van der Waals surface area contributed by atoms with Crippen LogP contribution < -0.4 is 5.32 Å². The van der Waals surface area contributed by atoms with Gasteiger partial charge in [-0.25, -0.2) is 14.3 Å². The van der Waals surface area contributed by atoms with Crippen LogP contribution >= 0.6 is 0 Å². The lowest BCUT2D eigenvalue weighted by Gasteiger charge is -2.36. The second kappa shape index (κ2) is 5.98. The highest BCUT2D eigenvalue weighted by Gasteiger charge is 2.34. The fourth-order valence-electron chi connectivity index (χ4n) is 3.63. The van der Waals surface area contributed by atoms with Crippen LogP contribution in [-0.4, -0.2) is 73.5 Å². The first-order valence-corrected chi connectivity index (χ1v) is 8.57. The predicted molar refractivity (Wildman–Crippen MR) is 89.3 cm³/mol. The summed E-state index contributed by atoms with van der Waals surface area (Å²) in [7, 11) is 0. The standard InChI is InChI=1S/C16H21N7O2/c1-10-8-11(2)23-15(18-10)19-13(20-23)14(24)21-6-3-4-12(9-21)22-7-5-17-16(22)25/h8,12H,3-7,9H2,1-2H3,(H,17,25)/t12-/m1/s1. The molecule has 0 saturated carbocycles. The van der Waals surface area contributed by atoms with E-state index in [1.54, 1.807) is 9.42 Å². The molecule has 4 rings (SSSR count). The summed E-state index contributed by atoms with van der Waals surface area (Å²) in [5.41, 5.74) is 1.73. The monoisotopic (exact) mass is 343 g/mol. The number of hydrogen-bond acceptors (Lipinski definition) is 5. The van der Waals surface area contributed by atoms with Gasteiger partial charge in [-0.1, -0.05) is 0 Å². The lowest BCUT2D eigenvalue weighted by Crippen LogP contribution is -2.50. The van der Waals surface area contributed by atoms with Gasteiger partial charge in [-0.05, 0) is 32.8 Å². The zero-order valence-electron chi connectivity index (χ0n) is 14.4. The van der Waals surface area contributed by atoms with Crippen LogP contribution in [0.5, 0.6) is 0 Å². The van der Waals surface area contributed by atoms with Crippen molar-refractivity contribution in [2.75, 3.05) is 26.2 Å². The summed E-state index contributed by atoms with van der Waals surface area (Å²) in [5.74, 6) is 0.396. The van der Waals surface area contributed by atoms with Crippen molar-refractivity contribution in [3.05, 3.63) is 23.3 Å². The summed E-state index contributed by atoms with van der Waals surface area (Å²) in [6.45, 7) is 6.34. The van der Waals surface area contributed by atoms with Crippen molar-refractivity contribution in [1.29, 1.82) is 0 Å². The molecule has 2 saturated heterocycles. The molecule has 9 nitrogen and oxygen atoms in total. The molecule has 2 aromatic rings. The fourth-order valence-corrected chi connectivity index (χ4v) is 3.63. The quantitative estimate of drug-likeness (QED) is 0.850. The smallest absolute Gasteiger partial charge is 0.317 e. The number of nitrogens with zero attached hydrogens (tertiary/aromatic N) is 6. The van der Waals surface area contributed by atoms with Crippen LogP contribution in [0.25, 0.3) is 5.78 Å². The molecule has 2 aliphatic heterocycles. The Kier molecular flexibility index (Phi) is 3.78. The molecule has 0 radical (unpaired) electrons. The van der Waals surface area contributed by atoms with Crippen LogP contribution in [0.4, 0.5) is 4.79 Å². The highest BCUT2D eigenvalue weighted by molar-refractivity contribution is 5.91. The van der Waals surface area contributed by atoms with E-state index in [0.29, 0.717) is 32.0 Å². The third kappa shape index (κ3) is 2.79. The molecule has 2 fully saturated rings. The molecule has 0 aromatic carbocycles. The van der Waals surface area contributed by atoms with Crippen LogP contribution in [-0.2, 0) is 0 Å². The van der Waals surface area contributed by atoms with Crippen molar-refractivity contribution >= 4 is 17.7 Å². The molecule has 0 aliphatic carbocycles. The van der Waals surface area contributed by atoms with E-state index in [-0.39, 0.29) is 23.8 Å². The SMILES string of the molecule is Cc1cc(C)n2nc(C(=O)N3CCC[C@@H](N4CCNC4=O)C3)nc2n1. The number of aromatic nitrogens is 4. The Labute approximate surface area is 145 Å². The molecule has 2 aromatic heterocycles. The molecule has 1 atom stereocenters. The lowest BCUT2D eigenvalue weighted by molar-refractivity contribution is 0.0623. The van der Waals surface area contributed by atoms with Gasteiger partial charge in [0.05, 0.1) is 6.04 Å². The number of piperidine rings is 1. The zero-order chi connectivity index (χ0) is 17.6. The zero-order valence-corrected chi connectivity index (χ0v) is 14.4. The number of rotatable bonds is 2. The van der Waals surface area contributed by atoms with E-state index in [4.69, 9.17) is 0 Å². The molecule has 0 bridgehead atoms. The van der Waals surface area contributed by atoms with Crippen LogP contribution in [0.1, 0.15) is 34.8 Å². The van der Waals surface area contributed by atoms with Crippen LogP contribution in [0.3, 0.4) is 0 Å². The van der Waals surface area contributed by atoms with E-state index in [2.05, 4.69) is 20.4 Å². The Bertz CT molecular complexity index is 846. The number of carbonyl (C=O) groups is 2. The third-order valence-electron chi connectivity index (χ3n) is 4.82. The minimum absolute atomic E-state index is 0.0412. The second-order valence-electron chi connectivity index (χ2n) is 6.66. The summed E-state index contributed by atoms with van der Waals surface area (Å²) in [6, 6.07) is 1.92. The first-order valence-electron chi connectivity index (χ1n) is 8.57. The van der Waals surface area contributed by atoms with Gasteiger partial charge >= 0.3 is 6.03 Å². The normalized spacial score (nSPS) is 21.0. The molecule has 0 spiro atoms. The number of aryl methyl sites for hydroxylation is 2. The van der Waals surface area contributed by atoms with E-state index in [9.17, 15) is 9.59 Å². The summed E-state index contributed by atoms with van der Waals surface area (Å²) in [6.07, 6.45) is 1.78. The number of amides is 3. The topological polar surface area (TPSA) is 95.7 Å². The van der Waals surface area contributed by atoms with Crippen molar-refractivity contribution in [2.45, 2.75) is 32.7 Å². The minimum atomic E-state index is -0.202. The van der Waals surface area contributed by atoms with Crippen molar-refractivity contribution in [1.82, 2.24) is 34.7 Å². The van der Waals surface area contributed by atoms with Gasteiger partial charge in [0.15, 0.2) is 0 Å². The number of fused-ring (bicyclic) bond motifs is 1. The summed E-state index contributed by atoms with van der Waals surface area (Å²) in [5, 5.41) is 7.14. The van der Waals surface area contributed by atoms with Gasteiger partial charge in [-0.2, -0.15) is 4.98 Å². The molecule has 0 unspecified atom stereocenters. The first kappa shape index (κ1) is 15.8. The number of likely N-dealkylation sites (tertiary alicyclic amines) is 1. The Morgan fingerprint density at radius 2 is 2.12 bits per heavy atom. The first-order chi connectivity index (χ1) is 12.0. The van der Waals surface area contributed by atoms with Crippen molar-refractivity contribution in [3.63, 3.8) is 0 Å². The highest BCUT2D eigenvalue weighted by Crippen LogP contribution is 2.19. The number of hydrogen-bond donors (Lipinski definition) is 1. The molecule has 3 amide bonds. The van der Waals surface area contributed by atoms with Crippen molar-refractivity contribution in [2.24, 2.45) is 0 Å².